The van der Waals surface area contributed by atoms with E-state index in [-0.39, 0.29) is 5.91 Å². The lowest BCUT2D eigenvalue weighted by Crippen LogP contribution is -2.48. The SMILES string of the molecule is CCOc1ccc(Br)cc1/C=C/C(=O)N1CCN(CC)CC1. The van der Waals surface area contributed by atoms with Gasteiger partial charge in [0.2, 0.25) is 5.91 Å². The van der Waals surface area contributed by atoms with Crippen LogP contribution in [-0.4, -0.2) is 55.0 Å². The molecule has 5 heteroatoms. The molecular weight excluding hydrogens is 344 g/mol. The van der Waals surface area contributed by atoms with Crippen molar-refractivity contribution in [3.63, 3.8) is 0 Å². The van der Waals surface area contributed by atoms with E-state index < -0.39 is 0 Å². The molecule has 0 radical (unpaired) electrons. The molecule has 0 aromatic heterocycles. The van der Waals surface area contributed by atoms with Crippen molar-refractivity contribution in [2.45, 2.75) is 13.8 Å². The van der Waals surface area contributed by atoms with Crippen LogP contribution in [0.4, 0.5) is 0 Å². The van der Waals surface area contributed by atoms with Gasteiger partial charge in [0.1, 0.15) is 5.75 Å². The fraction of sp³-hybridized carbons (Fsp3) is 0.471. The number of likely N-dealkylation sites (N-methyl/N-ethyl adjacent to an activating group) is 1. The lowest BCUT2D eigenvalue weighted by Gasteiger charge is -2.33. The molecule has 1 heterocycles. The van der Waals surface area contributed by atoms with Crippen molar-refractivity contribution < 1.29 is 9.53 Å². The van der Waals surface area contributed by atoms with E-state index in [9.17, 15) is 4.79 Å². The minimum absolute atomic E-state index is 0.0678. The van der Waals surface area contributed by atoms with Crippen molar-refractivity contribution in [3.05, 3.63) is 34.3 Å². The lowest BCUT2D eigenvalue weighted by molar-refractivity contribution is -0.127. The third-order valence-corrected chi connectivity index (χ3v) is 4.30. The van der Waals surface area contributed by atoms with Crippen LogP contribution in [0.25, 0.3) is 6.08 Å². The molecule has 0 N–H and O–H groups in total. The molecule has 1 aromatic rings. The fourth-order valence-corrected chi connectivity index (χ4v) is 2.87. The second-order valence-corrected chi connectivity index (χ2v) is 6.12. The molecular formula is C17H23BrN2O2. The smallest absolute Gasteiger partial charge is 0.246 e. The predicted octanol–water partition coefficient (Wildman–Crippen LogP) is 3.03. The predicted molar refractivity (Wildman–Crippen MR) is 93.0 cm³/mol. The molecule has 0 aliphatic carbocycles. The number of hydrogen-bond donors (Lipinski definition) is 0. The van der Waals surface area contributed by atoms with Gasteiger partial charge in [-0.25, -0.2) is 0 Å². The zero-order chi connectivity index (χ0) is 15.9. The van der Waals surface area contributed by atoms with E-state index in [1.165, 1.54) is 0 Å². The van der Waals surface area contributed by atoms with E-state index >= 15 is 0 Å². The Balaban J connectivity index is 2.02. The molecule has 1 aliphatic heterocycles. The number of benzene rings is 1. The molecule has 0 saturated carbocycles. The number of halogens is 1. The Morgan fingerprint density at radius 1 is 1.27 bits per heavy atom. The van der Waals surface area contributed by atoms with Gasteiger partial charge in [0, 0.05) is 42.3 Å². The third kappa shape index (κ3) is 4.58. The molecule has 0 unspecified atom stereocenters. The number of ether oxygens (including phenoxy) is 1. The Kier molecular flexibility index (Phi) is 6.46. The second-order valence-electron chi connectivity index (χ2n) is 5.21. The summed E-state index contributed by atoms with van der Waals surface area (Å²) in [6.07, 6.45) is 3.48. The average molecular weight is 367 g/mol. The molecule has 22 heavy (non-hydrogen) atoms. The first-order valence-corrected chi connectivity index (χ1v) is 8.55. The summed E-state index contributed by atoms with van der Waals surface area (Å²) in [5, 5.41) is 0. The highest BCUT2D eigenvalue weighted by atomic mass is 79.9. The number of amides is 1. The Labute approximate surface area is 140 Å². The molecule has 1 aromatic carbocycles. The number of rotatable bonds is 5. The maximum atomic E-state index is 12.3. The van der Waals surface area contributed by atoms with Gasteiger partial charge in [0.05, 0.1) is 6.61 Å². The number of nitrogens with zero attached hydrogens (tertiary/aromatic N) is 2. The van der Waals surface area contributed by atoms with Gasteiger partial charge in [-0.2, -0.15) is 0 Å². The highest BCUT2D eigenvalue weighted by Crippen LogP contribution is 2.24. The normalized spacial score (nSPS) is 16.2. The van der Waals surface area contributed by atoms with Crippen LogP contribution in [0.15, 0.2) is 28.7 Å². The first-order valence-electron chi connectivity index (χ1n) is 7.75. The van der Waals surface area contributed by atoms with Gasteiger partial charge < -0.3 is 14.5 Å². The Hall–Kier alpha value is -1.33. The molecule has 1 saturated heterocycles. The van der Waals surface area contributed by atoms with Gasteiger partial charge in [-0.15, -0.1) is 0 Å². The van der Waals surface area contributed by atoms with E-state index in [1.54, 1.807) is 6.08 Å². The van der Waals surface area contributed by atoms with E-state index in [4.69, 9.17) is 4.74 Å². The minimum Gasteiger partial charge on any atom is -0.493 e. The number of carbonyl (C=O) groups is 1. The van der Waals surface area contributed by atoms with Crippen LogP contribution in [0.5, 0.6) is 5.75 Å². The zero-order valence-corrected chi connectivity index (χ0v) is 14.8. The van der Waals surface area contributed by atoms with E-state index in [1.807, 2.05) is 36.1 Å². The van der Waals surface area contributed by atoms with E-state index in [0.29, 0.717) is 6.61 Å². The summed E-state index contributed by atoms with van der Waals surface area (Å²) in [5.41, 5.74) is 0.914. The summed E-state index contributed by atoms with van der Waals surface area (Å²) >= 11 is 3.46. The quantitative estimate of drug-likeness (QED) is 0.750. The molecule has 2 rings (SSSR count). The van der Waals surface area contributed by atoms with Crippen molar-refractivity contribution in [3.8, 4) is 5.75 Å². The van der Waals surface area contributed by atoms with Crippen LogP contribution >= 0.6 is 15.9 Å². The molecule has 1 amide bonds. The lowest BCUT2D eigenvalue weighted by atomic mass is 10.2. The highest BCUT2D eigenvalue weighted by Gasteiger charge is 2.18. The monoisotopic (exact) mass is 366 g/mol. The molecule has 4 nitrogen and oxygen atoms in total. The van der Waals surface area contributed by atoms with Gasteiger partial charge in [-0.05, 0) is 37.7 Å². The van der Waals surface area contributed by atoms with Crippen molar-refractivity contribution >= 4 is 27.9 Å². The Bertz CT molecular complexity index is 537. The second kappa shape index (κ2) is 8.34. The summed E-state index contributed by atoms with van der Waals surface area (Å²) in [6.45, 7) is 9.27. The molecule has 1 aliphatic rings. The van der Waals surface area contributed by atoms with Gasteiger partial charge in [-0.3, -0.25) is 4.79 Å². The largest absolute Gasteiger partial charge is 0.493 e. The van der Waals surface area contributed by atoms with E-state index in [0.717, 1.165) is 48.5 Å². The average Bonchev–Trinajstić information content (AvgIpc) is 2.55. The number of carbonyl (C=O) groups excluding carboxylic acids is 1. The van der Waals surface area contributed by atoms with E-state index in [2.05, 4.69) is 27.8 Å². The highest BCUT2D eigenvalue weighted by molar-refractivity contribution is 9.10. The fourth-order valence-electron chi connectivity index (χ4n) is 2.49. The summed E-state index contributed by atoms with van der Waals surface area (Å²) in [6, 6.07) is 5.82. The van der Waals surface area contributed by atoms with Gasteiger partial charge in [0.25, 0.3) is 0 Å². The molecule has 0 spiro atoms. The Morgan fingerprint density at radius 2 is 2.00 bits per heavy atom. The third-order valence-electron chi connectivity index (χ3n) is 3.81. The Morgan fingerprint density at radius 3 is 2.64 bits per heavy atom. The number of piperazine rings is 1. The van der Waals surface area contributed by atoms with Crippen LogP contribution in [-0.2, 0) is 4.79 Å². The maximum Gasteiger partial charge on any atom is 0.246 e. The maximum absolute atomic E-state index is 12.3. The van der Waals surface area contributed by atoms with Gasteiger partial charge in [0.15, 0.2) is 0 Å². The first kappa shape index (κ1) is 17.0. The van der Waals surface area contributed by atoms with Crippen molar-refractivity contribution in [2.75, 3.05) is 39.3 Å². The minimum atomic E-state index is 0.0678. The summed E-state index contributed by atoms with van der Waals surface area (Å²) in [4.78, 5) is 16.5. The molecule has 120 valence electrons. The van der Waals surface area contributed by atoms with Crippen molar-refractivity contribution in [1.29, 1.82) is 0 Å². The number of hydrogen-bond acceptors (Lipinski definition) is 3. The van der Waals surface area contributed by atoms with Crippen LogP contribution in [0.3, 0.4) is 0 Å². The summed E-state index contributed by atoms with van der Waals surface area (Å²) in [7, 11) is 0. The van der Waals surface area contributed by atoms with Crippen LogP contribution in [0.1, 0.15) is 19.4 Å². The van der Waals surface area contributed by atoms with Crippen LogP contribution in [0, 0.1) is 0 Å². The van der Waals surface area contributed by atoms with Crippen molar-refractivity contribution in [2.24, 2.45) is 0 Å². The first-order chi connectivity index (χ1) is 10.6. The summed E-state index contributed by atoms with van der Waals surface area (Å²) in [5.74, 6) is 0.865. The van der Waals surface area contributed by atoms with Gasteiger partial charge >= 0.3 is 0 Å². The van der Waals surface area contributed by atoms with Crippen molar-refractivity contribution in [1.82, 2.24) is 9.80 Å². The van der Waals surface area contributed by atoms with Crippen LogP contribution in [0.2, 0.25) is 0 Å². The van der Waals surface area contributed by atoms with Gasteiger partial charge in [-0.1, -0.05) is 22.9 Å². The molecule has 0 atom stereocenters. The van der Waals surface area contributed by atoms with Crippen LogP contribution < -0.4 is 4.74 Å². The molecule has 1 fully saturated rings. The molecule has 0 bridgehead atoms. The topological polar surface area (TPSA) is 32.8 Å². The standard InChI is InChI=1S/C17H23BrN2O2/c1-3-19-9-11-20(12-10-19)17(21)8-5-14-13-15(18)6-7-16(14)22-4-2/h5-8,13H,3-4,9-12H2,1-2H3/b8-5+. The zero-order valence-electron chi connectivity index (χ0n) is 13.2. The summed E-state index contributed by atoms with van der Waals surface area (Å²) < 4.78 is 6.57.